The number of sulfonamides is 1. The van der Waals surface area contributed by atoms with E-state index in [9.17, 15) is 13.2 Å². The van der Waals surface area contributed by atoms with Crippen LogP contribution in [0.4, 0.5) is 11.4 Å². The van der Waals surface area contributed by atoms with Crippen LogP contribution in [0.2, 0.25) is 15.1 Å². The van der Waals surface area contributed by atoms with Crippen molar-refractivity contribution < 1.29 is 13.2 Å². The number of aryl methyl sites for hydroxylation is 1. The van der Waals surface area contributed by atoms with Gasteiger partial charge in [0.25, 0.3) is 15.9 Å². The summed E-state index contributed by atoms with van der Waals surface area (Å²) in [6.07, 6.45) is 0. The number of nitrogens with one attached hydrogen (secondary N) is 2. The van der Waals surface area contributed by atoms with Gasteiger partial charge in [0.15, 0.2) is 0 Å². The van der Waals surface area contributed by atoms with Crippen LogP contribution in [0, 0.1) is 6.92 Å². The number of benzene rings is 3. The smallest absolute Gasteiger partial charge is 0.261 e. The summed E-state index contributed by atoms with van der Waals surface area (Å²) < 4.78 is 27.7. The van der Waals surface area contributed by atoms with Crippen molar-refractivity contribution in [2.45, 2.75) is 11.8 Å². The summed E-state index contributed by atoms with van der Waals surface area (Å²) in [4.78, 5) is 12.8. The molecular formula is C20H15Cl3N2O3S. The molecule has 0 saturated carbocycles. The molecule has 0 aliphatic carbocycles. The van der Waals surface area contributed by atoms with Crippen LogP contribution in [0.15, 0.2) is 65.6 Å². The fraction of sp³-hybridized carbons (Fsp3) is 0.0500. The normalized spacial score (nSPS) is 11.2. The van der Waals surface area contributed by atoms with Gasteiger partial charge < -0.3 is 5.32 Å². The van der Waals surface area contributed by atoms with Gasteiger partial charge in [-0.25, -0.2) is 8.42 Å². The average Bonchev–Trinajstić information content (AvgIpc) is 2.68. The zero-order chi connectivity index (χ0) is 21.2. The van der Waals surface area contributed by atoms with E-state index >= 15 is 0 Å². The predicted octanol–water partition coefficient (Wildman–Crippen LogP) is 6.01. The van der Waals surface area contributed by atoms with Crippen LogP contribution in [0.3, 0.4) is 0 Å². The monoisotopic (exact) mass is 468 g/mol. The Labute approximate surface area is 183 Å². The van der Waals surface area contributed by atoms with E-state index in [2.05, 4.69) is 10.0 Å². The molecule has 0 heterocycles. The molecule has 0 bridgehead atoms. The Morgan fingerprint density at radius 1 is 0.828 bits per heavy atom. The van der Waals surface area contributed by atoms with Gasteiger partial charge in [0, 0.05) is 5.56 Å². The van der Waals surface area contributed by atoms with Gasteiger partial charge in [0.2, 0.25) is 0 Å². The van der Waals surface area contributed by atoms with Crippen molar-refractivity contribution in [3.05, 3.63) is 86.9 Å². The van der Waals surface area contributed by atoms with Crippen LogP contribution in [0.25, 0.3) is 0 Å². The quantitative estimate of drug-likeness (QED) is 0.449. The molecule has 150 valence electrons. The van der Waals surface area contributed by atoms with Gasteiger partial charge in [-0.15, -0.1) is 0 Å². The molecule has 5 nitrogen and oxygen atoms in total. The van der Waals surface area contributed by atoms with Crippen LogP contribution in [-0.2, 0) is 10.0 Å². The molecule has 3 aromatic carbocycles. The number of rotatable bonds is 5. The Bertz CT molecular complexity index is 1180. The van der Waals surface area contributed by atoms with E-state index in [1.807, 2.05) is 0 Å². The lowest BCUT2D eigenvalue weighted by atomic mass is 10.1. The van der Waals surface area contributed by atoms with Crippen LogP contribution in [-0.4, -0.2) is 14.3 Å². The molecule has 2 N–H and O–H groups in total. The molecule has 0 aliphatic heterocycles. The van der Waals surface area contributed by atoms with E-state index in [-0.39, 0.29) is 31.2 Å². The van der Waals surface area contributed by atoms with Crippen LogP contribution in [0.1, 0.15) is 15.9 Å². The van der Waals surface area contributed by atoms with E-state index in [0.717, 1.165) is 0 Å². The molecule has 3 aromatic rings. The molecule has 0 atom stereocenters. The van der Waals surface area contributed by atoms with Gasteiger partial charge in [-0.05, 0) is 48.9 Å². The molecule has 29 heavy (non-hydrogen) atoms. The van der Waals surface area contributed by atoms with Crippen molar-refractivity contribution in [3.8, 4) is 0 Å². The number of hydrogen-bond acceptors (Lipinski definition) is 3. The molecule has 0 radical (unpaired) electrons. The van der Waals surface area contributed by atoms with E-state index in [0.29, 0.717) is 11.3 Å². The molecular weight excluding hydrogens is 455 g/mol. The van der Waals surface area contributed by atoms with Crippen LogP contribution >= 0.6 is 34.8 Å². The molecule has 9 heteroatoms. The first-order chi connectivity index (χ1) is 13.7. The lowest BCUT2D eigenvalue weighted by molar-refractivity contribution is 0.102. The first-order valence-electron chi connectivity index (χ1n) is 8.32. The minimum absolute atomic E-state index is 0.122. The molecule has 3 rings (SSSR count). The third-order valence-electron chi connectivity index (χ3n) is 4.06. The van der Waals surface area contributed by atoms with Crippen LogP contribution in [0.5, 0.6) is 0 Å². The summed E-state index contributed by atoms with van der Waals surface area (Å²) >= 11 is 18.0. The Hall–Kier alpha value is -2.25. The summed E-state index contributed by atoms with van der Waals surface area (Å²) in [5, 5.41) is 3.38. The van der Waals surface area contributed by atoms with Gasteiger partial charge >= 0.3 is 0 Å². The number of carbonyl (C=O) groups excluding carboxylic acids is 1. The highest BCUT2D eigenvalue weighted by Crippen LogP contribution is 2.32. The van der Waals surface area contributed by atoms with Crippen molar-refractivity contribution >= 4 is 62.1 Å². The van der Waals surface area contributed by atoms with Crippen molar-refractivity contribution in [2.75, 3.05) is 10.0 Å². The van der Waals surface area contributed by atoms with Gasteiger partial charge in [-0.2, -0.15) is 0 Å². The van der Waals surface area contributed by atoms with E-state index < -0.39 is 15.9 Å². The lowest BCUT2D eigenvalue weighted by Gasteiger charge is -2.13. The molecule has 1 amide bonds. The predicted molar refractivity (Wildman–Crippen MR) is 118 cm³/mol. The fourth-order valence-corrected chi connectivity index (χ4v) is 4.23. The number of anilines is 2. The van der Waals surface area contributed by atoms with Gasteiger partial charge in [-0.3, -0.25) is 9.52 Å². The third-order valence-corrected chi connectivity index (χ3v) is 6.47. The Morgan fingerprint density at radius 3 is 2.17 bits per heavy atom. The summed E-state index contributed by atoms with van der Waals surface area (Å²) in [5.74, 6) is -0.481. The van der Waals surface area contributed by atoms with Crippen molar-refractivity contribution in [2.24, 2.45) is 0 Å². The molecule has 0 aliphatic rings. The zero-order valence-corrected chi connectivity index (χ0v) is 18.1. The maximum atomic E-state index is 12.6. The number of carbonyl (C=O) groups is 1. The second kappa shape index (κ2) is 8.63. The summed E-state index contributed by atoms with van der Waals surface area (Å²) in [7, 11) is -3.79. The Kier molecular flexibility index (Phi) is 6.39. The summed E-state index contributed by atoms with van der Waals surface area (Å²) in [6.45, 7) is 1.74. The average molecular weight is 470 g/mol. The van der Waals surface area contributed by atoms with Crippen molar-refractivity contribution in [3.63, 3.8) is 0 Å². The Morgan fingerprint density at radius 2 is 1.48 bits per heavy atom. The van der Waals surface area contributed by atoms with E-state index in [1.54, 1.807) is 37.3 Å². The van der Waals surface area contributed by atoms with Crippen molar-refractivity contribution in [1.82, 2.24) is 0 Å². The highest BCUT2D eigenvalue weighted by molar-refractivity contribution is 7.92. The highest BCUT2D eigenvalue weighted by Gasteiger charge is 2.17. The fourth-order valence-electron chi connectivity index (χ4n) is 2.49. The highest BCUT2D eigenvalue weighted by atomic mass is 35.5. The molecule has 0 unspecified atom stereocenters. The molecule has 0 fully saturated rings. The first-order valence-corrected chi connectivity index (χ1v) is 10.9. The maximum absolute atomic E-state index is 12.6. The standard InChI is InChI=1S/C20H15Cl3N2O3S/c1-12-7-8-13(20(26)24-19-11-16(22)15(21)10-17(19)23)9-18(12)25-29(27,28)14-5-3-2-4-6-14/h2-11,25H,1H3,(H,24,26). The van der Waals surface area contributed by atoms with Gasteiger partial charge in [0.05, 0.1) is 31.3 Å². The summed E-state index contributed by atoms with van der Waals surface area (Å²) in [6, 6.07) is 15.5. The zero-order valence-electron chi connectivity index (χ0n) is 15.0. The SMILES string of the molecule is Cc1ccc(C(=O)Nc2cc(Cl)c(Cl)cc2Cl)cc1NS(=O)(=O)c1ccccc1. The minimum Gasteiger partial charge on any atom is -0.321 e. The molecule has 0 spiro atoms. The summed E-state index contributed by atoms with van der Waals surface area (Å²) in [5.41, 5.74) is 1.48. The third kappa shape index (κ3) is 5.03. The lowest BCUT2D eigenvalue weighted by Crippen LogP contribution is -2.16. The number of amides is 1. The molecule has 0 saturated heterocycles. The molecule has 0 aromatic heterocycles. The largest absolute Gasteiger partial charge is 0.321 e. The second-order valence-electron chi connectivity index (χ2n) is 6.15. The van der Waals surface area contributed by atoms with Crippen molar-refractivity contribution in [1.29, 1.82) is 0 Å². The number of hydrogen-bond donors (Lipinski definition) is 2. The van der Waals surface area contributed by atoms with E-state index in [1.165, 1.54) is 30.3 Å². The van der Waals surface area contributed by atoms with Gasteiger partial charge in [0.1, 0.15) is 0 Å². The second-order valence-corrected chi connectivity index (χ2v) is 9.05. The Balaban J connectivity index is 1.87. The number of halogens is 3. The van der Waals surface area contributed by atoms with Gasteiger partial charge in [-0.1, -0.05) is 59.1 Å². The van der Waals surface area contributed by atoms with E-state index in [4.69, 9.17) is 34.8 Å². The van der Waals surface area contributed by atoms with Crippen LogP contribution < -0.4 is 10.0 Å². The minimum atomic E-state index is -3.79. The first kappa shape index (κ1) is 21.5. The maximum Gasteiger partial charge on any atom is 0.261 e. The topological polar surface area (TPSA) is 75.3 Å².